The third kappa shape index (κ3) is 4.49. The van der Waals surface area contributed by atoms with Crippen LogP contribution in [0.1, 0.15) is 60.9 Å². The number of carbonyl (C=O) groups is 1. The number of hydrogen-bond acceptors (Lipinski definition) is 3. The Labute approximate surface area is 183 Å². The Hall–Kier alpha value is -2.05. The summed E-state index contributed by atoms with van der Waals surface area (Å²) in [5.74, 6) is -0.0672. The SMILES string of the molecule is O=C(NC1CCCCCCC1)c1ccc2c(c1)CCN2S(=O)(=O)c1ccc(Cl)cc1. The Morgan fingerprint density at radius 1 is 0.967 bits per heavy atom. The quantitative estimate of drug-likeness (QED) is 0.723. The van der Waals surface area contributed by atoms with E-state index in [1.807, 2.05) is 6.07 Å². The summed E-state index contributed by atoms with van der Waals surface area (Å²) in [7, 11) is -3.66. The highest BCUT2D eigenvalue weighted by Crippen LogP contribution is 2.34. The molecule has 7 heteroatoms. The molecule has 0 spiro atoms. The number of carbonyl (C=O) groups excluding carboxylic acids is 1. The number of rotatable bonds is 4. The maximum Gasteiger partial charge on any atom is 0.264 e. The van der Waals surface area contributed by atoms with Crippen molar-refractivity contribution in [3.05, 3.63) is 58.6 Å². The summed E-state index contributed by atoms with van der Waals surface area (Å²) in [4.78, 5) is 13.0. The van der Waals surface area contributed by atoms with Gasteiger partial charge in [-0.05, 0) is 67.3 Å². The topological polar surface area (TPSA) is 66.5 Å². The van der Waals surface area contributed by atoms with Gasteiger partial charge in [-0.3, -0.25) is 9.10 Å². The number of amides is 1. The lowest BCUT2D eigenvalue weighted by Crippen LogP contribution is -2.35. The summed E-state index contributed by atoms with van der Waals surface area (Å²) >= 11 is 5.89. The van der Waals surface area contributed by atoms with Crippen molar-refractivity contribution < 1.29 is 13.2 Å². The largest absolute Gasteiger partial charge is 0.349 e. The van der Waals surface area contributed by atoms with Crippen molar-refractivity contribution in [3.8, 4) is 0 Å². The van der Waals surface area contributed by atoms with E-state index in [0.29, 0.717) is 29.2 Å². The number of halogens is 1. The first kappa shape index (κ1) is 21.2. The van der Waals surface area contributed by atoms with Gasteiger partial charge in [0.25, 0.3) is 15.9 Å². The van der Waals surface area contributed by atoms with Gasteiger partial charge < -0.3 is 5.32 Å². The second-order valence-corrected chi connectivity index (χ2v) is 10.4. The Morgan fingerprint density at radius 2 is 1.63 bits per heavy atom. The first-order chi connectivity index (χ1) is 14.4. The number of nitrogens with one attached hydrogen (secondary N) is 1. The summed E-state index contributed by atoms with van der Waals surface area (Å²) in [6.45, 7) is 0.369. The van der Waals surface area contributed by atoms with E-state index >= 15 is 0 Å². The predicted molar refractivity (Wildman–Crippen MR) is 120 cm³/mol. The molecule has 1 saturated carbocycles. The van der Waals surface area contributed by atoms with Gasteiger partial charge in [0.2, 0.25) is 0 Å². The van der Waals surface area contributed by atoms with E-state index in [2.05, 4.69) is 5.32 Å². The van der Waals surface area contributed by atoms with E-state index in [1.54, 1.807) is 24.3 Å². The minimum atomic E-state index is -3.66. The molecule has 2 aromatic carbocycles. The van der Waals surface area contributed by atoms with Crippen LogP contribution in [0.2, 0.25) is 5.02 Å². The fourth-order valence-electron chi connectivity index (χ4n) is 4.37. The van der Waals surface area contributed by atoms with Crippen LogP contribution < -0.4 is 9.62 Å². The van der Waals surface area contributed by atoms with Gasteiger partial charge in [0.05, 0.1) is 10.6 Å². The molecule has 5 nitrogen and oxygen atoms in total. The van der Waals surface area contributed by atoms with Crippen molar-refractivity contribution in [2.24, 2.45) is 0 Å². The van der Waals surface area contributed by atoms with Crippen molar-refractivity contribution in [2.75, 3.05) is 10.8 Å². The van der Waals surface area contributed by atoms with Crippen LogP contribution in [-0.4, -0.2) is 26.9 Å². The summed E-state index contributed by atoms with van der Waals surface area (Å²) in [5, 5.41) is 3.68. The maximum atomic E-state index is 13.1. The van der Waals surface area contributed by atoms with Crippen molar-refractivity contribution in [1.82, 2.24) is 5.32 Å². The minimum Gasteiger partial charge on any atom is -0.349 e. The van der Waals surface area contributed by atoms with Gasteiger partial charge >= 0.3 is 0 Å². The lowest BCUT2D eigenvalue weighted by molar-refractivity contribution is 0.0930. The number of nitrogens with zero attached hydrogens (tertiary/aromatic N) is 1. The number of sulfonamides is 1. The normalized spacial score (nSPS) is 17.8. The molecule has 2 aliphatic rings. The molecule has 1 amide bonds. The fraction of sp³-hybridized carbons (Fsp3) is 0.435. The van der Waals surface area contributed by atoms with E-state index < -0.39 is 10.0 Å². The Morgan fingerprint density at radius 3 is 2.33 bits per heavy atom. The maximum absolute atomic E-state index is 13.1. The average molecular weight is 447 g/mol. The van der Waals surface area contributed by atoms with E-state index in [4.69, 9.17) is 11.6 Å². The second kappa shape index (κ2) is 8.98. The molecular formula is C23H27ClN2O3S. The molecule has 2 aromatic rings. The minimum absolute atomic E-state index is 0.0672. The standard InChI is InChI=1S/C23H27ClN2O3S/c24-19-9-11-21(12-10-19)30(28,29)26-15-14-17-16-18(8-13-22(17)26)23(27)25-20-6-4-2-1-3-5-7-20/h8-13,16,20H,1-7,14-15H2,(H,25,27). The summed E-state index contributed by atoms with van der Waals surface area (Å²) < 4.78 is 27.5. The number of anilines is 1. The molecule has 0 radical (unpaired) electrons. The van der Waals surface area contributed by atoms with Crippen LogP contribution in [0.25, 0.3) is 0 Å². The molecule has 160 valence electrons. The lowest BCUT2D eigenvalue weighted by Gasteiger charge is -2.22. The van der Waals surface area contributed by atoms with Crippen LogP contribution in [-0.2, 0) is 16.4 Å². The van der Waals surface area contributed by atoms with Gasteiger partial charge in [0, 0.05) is 23.2 Å². The molecule has 1 aliphatic heterocycles. The van der Waals surface area contributed by atoms with Crippen LogP contribution in [0.4, 0.5) is 5.69 Å². The molecule has 0 atom stereocenters. The number of fused-ring (bicyclic) bond motifs is 1. The molecular weight excluding hydrogens is 420 g/mol. The molecule has 4 rings (SSSR count). The summed E-state index contributed by atoms with van der Waals surface area (Å²) in [6.07, 6.45) is 8.74. The molecule has 1 N–H and O–H groups in total. The molecule has 1 fully saturated rings. The number of hydrogen-bond donors (Lipinski definition) is 1. The number of benzene rings is 2. The molecule has 0 unspecified atom stereocenters. The zero-order valence-electron chi connectivity index (χ0n) is 16.9. The highest BCUT2D eigenvalue weighted by Gasteiger charge is 2.31. The first-order valence-electron chi connectivity index (χ1n) is 10.7. The lowest BCUT2D eigenvalue weighted by atomic mass is 9.96. The fourth-order valence-corrected chi connectivity index (χ4v) is 5.99. The summed E-state index contributed by atoms with van der Waals surface area (Å²) in [5.41, 5.74) is 2.13. The monoisotopic (exact) mass is 446 g/mol. The average Bonchev–Trinajstić information content (AvgIpc) is 3.14. The van der Waals surface area contributed by atoms with Crippen molar-refractivity contribution in [1.29, 1.82) is 0 Å². The Kier molecular flexibility index (Phi) is 6.34. The highest BCUT2D eigenvalue weighted by atomic mass is 35.5. The van der Waals surface area contributed by atoms with Crippen molar-refractivity contribution in [3.63, 3.8) is 0 Å². The van der Waals surface area contributed by atoms with E-state index in [1.165, 1.54) is 35.7 Å². The van der Waals surface area contributed by atoms with Crippen molar-refractivity contribution >= 4 is 33.2 Å². The van der Waals surface area contributed by atoms with Crippen molar-refractivity contribution in [2.45, 2.75) is 62.3 Å². The zero-order valence-corrected chi connectivity index (χ0v) is 18.5. The molecule has 1 heterocycles. The predicted octanol–water partition coefficient (Wildman–Crippen LogP) is 4.93. The van der Waals surface area contributed by atoms with Gasteiger partial charge in [0.15, 0.2) is 0 Å². The van der Waals surface area contributed by atoms with Gasteiger partial charge in [-0.25, -0.2) is 8.42 Å². The van der Waals surface area contributed by atoms with Gasteiger partial charge in [0.1, 0.15) is 0 Å². The van der Waals surface area contributed by atoms with Crippen LogP contribution in [0.3, 0.4) is 0 Å². The third-order valence-electron chi connectivity index (χ3n) is 6.04. The van der Waals surface area contributed by atoms with Gasteiger partial charge in [-0.1, -0.05) is 43.7 Å². The van der Waals surface area contributed by atoms with E-state index in [0.717, 1.165) is 31.2 Å². The van der Waals surface area contributed by atoms with Crippen LogP contribution in [0.15, 0.2) is 47.4 Å². The molecule has 30 heavy (non-hydrogen) atoms. The van der Waals surface area contributed by atoms with Gasteiger partial charge in [-0.2, -0.15) is 0 Å². The Balaban J connectivity index is 1.50. The van der Waals surface area contributed by atoms with Crippen LogP contribution >= 0.6 is 11.6 Å². The van der Waals surface area contributed by atoms with Gasteiger partial charge in [-0.15, -0.1) is 0 Å². The highest BCUT2D eigenvalue weighted by molar-refractivity contribution is 7.92. The summed E-state index contributed by atoms with van der Waals surface area (Å²) in [6, 6.07) is 11.7. The Bertz CT molecular complexity index is 1010. The molecule has 0 bridgehead atoms. The van der Waals surface area contributed by atoms with Crippen LogP contribution in [0, 0.1) is 0 Å². The van der Waals surface area contributed by atoms with E-state index in [-0.39, 0.29) is 16.8 Å². The first-order valence-corrected chi connectivity index (χ1v) is 12.5. The van der Waals surface area contributed by atoms with E-state index in [9.17, 15) is 13.2 Å². The molecule has 1 aliphatic carbocycles. The molecule has 0 saturated heterocycles. The molecule has 0 aromatic heterocycles. The third-order valence-corrected chi connectivity index (χ3v) is 8.12. The zero-order chi connectivity index (χ0) is 21.1. The smallest absolute Gasteiger partial charge is 0.264 e. The van der Waals surface area contributed by atoms with Crippen LogP contribution in [0.5, 0.6) is 0 Å². The second-order valence-electron chi connectivity index (χ2n) is 8.14.